The maximum Gasteiger partial charge on any atom is 0.274 e. The average molecular weight is 469 g/mol. The molecule has 0 spiro atoms. The number of aryl methyl sites for hydroxylation is 2. The van der Waals surface area contributed by atoms with Crippen LogP contribution in [0.3, 0.4) is 0 Å². The van der Waals surface area contributed by atoms with Gasteiger partial charge in [-0.15, -0.1) is 0 Å². The van der Waals surface area contributed by atoms with Gasteiger partial charge in [0.1, 0.15) is 5.75 Å². The summed E-state index contributed by atoms with van der Waals surface area (Å²) in [5.41, 5.74) is 5.62. The van der Waals surface area contributed by atoms with Crippen LogP contribution in [0.25, 0.3) is 11.1 Å². The van der Waals surface area contributed by atoms with Crippen molar-refractivity contribution in [2.75, 3.05) is 13.7 Å². The van der Waals surface area contributed by atoms with Gasteiger partial charge in [0.05, 0.1) is 19.2 Å². The Morgan fingerprint density at radius 1 is 1.03 bits per heavy atom. The van der Waals surface area contributed by atoms with Crippen LogP contribution in [0.5, 0.6) is 5.75 Å². The number of fused-ring (bicyclic) bond motifs is 1. The Morgan fingerprint density at radius 2 is 1.77 bits per heavy atom. The highest BCUT2D eigenvalue weighted by atomic mass is 16.5. The molecule has 0 saturated carbocycles. The molecule has 1 aliphatic heterocycles. The van der Waals surface area contributed by atoms with E-state index in [0.717, 1.165) is 28.1 Å². The molecular weight excluding hydrogens is 440 g/mol. The highest BCUT2D eigenvalue weighted by Gasteiger charge is 2.27. The summed E-state index contributed by atoms with van der Waals surface area (Å²) in [6, 6.07) is 21.3. The zero-order valence-electron chi connectivity index (χ0n) is 20.2. The van der Waals surface area contributed by atoms with Gasteiger partial charge >= 0.3 is 0 Å². The quantitative estimate of drug-likeness (QED) is 0.447. The van der Waals surface area contributed by atoms with Crippen molar-refractivity contribution in [3.8, 4) is 16.9 Å². The number of benzene rings is 2. The van der Waals surface area contributed by atoms with Crippen LogP contribution < -0.4 is 10.3 Å². The minimum atomic E-state index is -0.0981. The number of hydrogen-bond acceptors (Lipinski definition) is 4. The number of hydrogen-bond donors (Lipinski definition) is 0. The number of carbonyl (C=O) groups excluding carboxylic acids is 1. The van der Waals surface area contributed by atoms with Gasteiger partial charge in [0.2, 0.25) is 0 Å². The zero-order chi connectivity index (χ0) is 24.5. The first-order valence-electron chi connectivity index (χ1n) is 11.7. The van der Waals surface area contributed by atoms with Crippen LogP contribution in [0.4, 0.5) is 0 Å². The molecule has 0 fully saturated rings. The SMILES string of the molecule is COc1ccccc1-c1cc2c(n(Cc3ccccc3)c1=O)CCN(C(=O)c1cc(C)n(C)n1)C2. The molecule has 7 nitrogen and oxygen atoms in total. The number of rotatable bonds is 5. The molecule has 2 aromatic heterocycles. The van der Waals surface area contributed by atoms with Crippen LogP contribution in [0.15, 0.2) is 71.5 Å². The molecule has 7 heteroatoms. The molecule has 4 aromatic rings. The van der Waals surface area contributed by atoms with Crippen LogP contribution in [0.2, 0.25) is 0 Å². The van der Waals surface area contributed by atoms with Gasteiger partial charge in [-0.1, -0.05) is 48.5 Å². The van der Waals surface area contributed by atoms with Gasteiger partial charge in [-0.2, -0.15) is 5.10 Å². The fourth-order valence-corrected chi connectivity index (χ4v) is 4.71. The second-order valence-electron chi connectivity index (χ2n) is 8.88. The molecule has 178 valence electrons. The molecule has 5 rings (SSSR count). The molecule has 0 saturated heterocycles. The number of aromatic nitrogens is 3. The Balaban J connectivity index is 1.60. The van der Waals surface area contributed by atoms with E-state index in [1.165, 1.54) is 0 Å². The fraction of sp³-hybridized carbons (Fsp3) is 0.250. The summed E-state index contributed by atoms with van der Waals surface area (Å²) in [6.45, 7) is 3.35. The summed E-state index contributed by atoms with van der Waals surface area (Å²) in [5.74, 6) is 0.544. The van der Waals surface area contributed by atoms with E-state index in [4.69, 9.17) is 4.74 Å². The zero-order valence-corrected chi connectivity index (χ0v) is 20.2. The van der Waals surface area contributed by atoms with Gasteiger partial charge in [0.15, 0.2) is 5.69 Å². The molecule has 0 unspecified atom stereocenters. The van der Waals surface area contributed by atoms with Gasteiger partial charge in [-0.3, -0.25) is 14.3 Å². The second-order valence-corrected chi connectivity index (χ2v) is 8.88. The summed E-state index contributed by atoms with van der Waals surface area (Å²) >= 11 is 0. The number of ether oxygens (including phenoxy) is 1. The molecule has 35 heavy (non-hydrogen) atoms. The molecule has 0 aliphatic carbocycles. The second kappa shape index (κ2) is 9.25. The smallest absolute Gasteiger partial charge is 0.274 e. The number of carbonyl (C=O) groups is 1. The highest BCUT2D eigenvalue weighted by molar-refractivity contribution is 5.92. The largest absolute Gasteiger partial charge is 0.496 e. The first-order valence-corrected chi connectivity index (χ1v) is 11.7. The molecule has 0 radical (unpaired) electrons. The van der Waals surface area contributed by atoms with Crippen LogP contribution in [-0.4, -0.2) is 38.8 Å². The van der Waals surface area contributed by atoms with Crippen molar-refractivity contribution in [1.82, 2.24) is 19.2 Å². The first kappa shape index (κ1) is 22.7. The van der Waals surface area contributed by atoms with E-state index in [-0.39, 0.29) is 11.5 Å². The van der Waals surface area contributed by atoms with Crippen molar-refractivity contribution in [2.45, 2.75) is 26.4 Å². The van der Waals surface area contributed by atoms with E-state index in [1.54, 1.807) is 11.8 Å². The van der Waals surface area contributed by atoms with Gasteiger partial charge in [-0.25, -0.2) is 0 Å². The predicted octanol–water partition coefficient (Wildman–Crippen LogP) is 3.81. The van der Waals surface area contributed by atoms with Gasteiger partial charge in [0, 0.05) is 43.5 Å². The van der Waals surface area contributed by atoms with Gasteiger partial charge in [-0.05, 0) is 36.2 Å². The fourth-order valence-electron chi connectivity index (χ4n) is 4.71. The minimum absolute atomic E-state index is 0.0581. The Hall–Kier alpha value is -4.13. The van der Waals surface area contributed by atoms with E-state index >= 15 is 0 Å². The van der Waals surface area contributed by atoms with Crippen molar-refractivity contribution in [3.63, 3.8) is 0 Å². The first-order chi connectivity index (χ1) is 17.0. The Bertz CT molecular complexity index is 1430. The number of nitrogens with zero attached hydrogens (tertiary/aromatic N) is 4. The third-order valence-electron chi connectivity index (χ3n) is 6.67. The summed E-state index contributed by atoms with van der Waals surface area (Å²) < 4.78 is 9.14. The van der Waals surface area contributed by atoms with Crippen molar-refractivity contribution in [2.24, 2.45) is 7.05 Å². The molecule has 1 aliphatic rings. The maximum atomic E-state index is 13.8. The number of pyridine rings is 1. The van der Waals surface area contributed by atoms with Crippen molar-refractivity contribution < 1.29 is 9.53 Å². The topological polar surface area (TPSA) is 69.4 Å². The average Bonchev–Trinajstić information content (AvgIpc) is 3.23. The van der Waals surface area contributed by atoms with Crippen LogP contribution in [0, 0.1) is 6.92 Å². The lowest BCUT2D eigenvalue weighted by atomic mass is 9.98. The van der Waals surface area contributed by atoms with E-state index in [1.807, 2.05) is 90.2 Å². The number of amides is 1. The van der Waals surface area contributed by atoms with Crippen LogP contribution in [-0.2, 0) is 26.6 Å². The normalized spacial score (nSPS) is 12.9. The molecule has 0 N–H and O–H groups in total. The van der Waals surface area contributed by atoms with Gasteiger partial charge < -0.3 is 14.2 Å². The monoisotopic (exact) mass is 468 g/mol. The van der Waals surface area contributed by atoms with Crippen molar-refractivity contribution in [1.29, 1.82) is 0 Å². The van der Waals surface area contributed by atoms with E-state index in [9.17, 15) is 9.59 Å². The summed E-state index contributed by atoms with van der Waals surface area (Å²) in [7, 11) is 3.44. The predicted molar refractivity (Wildman–Crippen MR) is 135 cm³/mol. The van der Waals surface area contributed by atoms with E-state index in [2.05, 4.69) is 5.10 Å². The summed E-state index contributed by atoms with van der Waals surface area (Å²) in [5, 5.41) is 4.37. The Kier molecular flexibility index (Phi) is 5.99. The third kappa shape index (κ3) is 4.25. The lowest BCUT2D eigenvalue weighted by molar-refractivity contribution is 0.0725. The number of para-hydroxylation sites is 1. The molecule has 3 heterocycles. The Morgan fingerprint density at radius 3 is 2.49 bits per heavy atom. The molecule has 0 bridgehead atoms. The minimum Gasteiger partial charge on any atom is -0.496 e. The molecule has 1 amide bonds. The Labute approximate surface area is 204 Å². The summed E-state index contributed by atoms with van der Waals surface area (Å²) in [4.78, 5) is 28.9. The highest BCUT2D eigenvalue weighted by Crippen LogP contribution is 2.30. The van der Waals surface area contributed by atoms with Crippen LogP contribution in [0.1, 0.15) is 33.0 Å². The van der Waals surface area contributed by atoms with Crippen molar-refractivity contribution in [3.05, 3.63) is 105 Å². The molecular formula is C28H28N4O3. The van der Waals surface area contributed by atoms with E-state index < -0.39 is 0 Å². The lowest BCUT2D eigenvalue weighted by Crippen LogP contribution is -2.40. The molecule has 2 aromatic carbocycles. The lowest BCUT2D eigenvalue weighted by Gasteiger charge is -2.31. The molecule has 0 atom stereocenters. The van der Waals surface area contributed by atoms with Gasteiger partial charge in [0.25, 0.3) is 11.5 Å². The third-order valence-corrected chi connectivity index (χ3v) is 6.67. The van der Waals surface area contributed by atoms with Crippen molar-refractivity contribution >= 4 is 5.91 Å². The summed E-state index contributed by atoms with van der Waals surface area (Å²) in [6.07, 6.45) is 0.598. The van der Waals surface area contributed by atoms with E-state index in [0.29, 0.717) is 43.1 Å². The van der Waals surface area contributed by atoms with Crippen LogP contribution >= 0.6 is 0 Å². The maximum absolute atomic E-state index is 13.8. The number of methoxy groups -OCH3 is 1. The standard InChI is InChI=1S/C28H28N4O3/c1-19-15-24(29-30(19)2)28(34)31-14-13-25-21(18-31)16-23(22-11-7-8-12-26(22)35-3)27(33)32(25)17-20-9-5-4-6-10-20/h4-12,15-16H,13-14,17-18H2,1-3H3.